The first-order valence-electron chi connectivity index (χ1n) is 6.76. The number of furan rings is 1. The number of ether oxygens (including phenoxy) is 1. The highest BCUT2D eigenvalue weighted by atomic mass is 32.2. The number of esters is 1. The largest absolute Gasteiger partial charge is 0.477 e. The van der Waals surface area contributed by atoms with Crippen molar-refractivity contribution in [2.75, 3.05) is 12.9 Å². The molecule has 1 aromatic heterocycles. The van der Waals surface area contributed by atoms with E-state index in [4.69, 9.17) is 10.2 Å². The summed E-state index contributed by atoms with van der Waals surface area (Å²) in [5.41, 5.74) is 6.19. The number of methoxy groups -OCH3 is 1. The Labute approximate surface area is 135 Å². The smallest absolute Gasteiger partial charge is 0.373 e. The fourth-order valence-electron chi connectivity index (χ4n) is 2.61. The van der Waals surface area contributed by atoms with E-state index in [9.17, 15) is 19.5 Å². The molecule has 1 saturated heterocycles. The summed E-state index contributed by atoms with van der Waals surface area (Å²) in [7, 11) is 1.24. The van der Waals surface area contributed by atoms with Gasteiger partial charge in [0.2, 0.25) is 11.7 Å². The van der Waals surface area contributed by atoms with Gasteiger partial charge in [-0.05, 0) is 17.7 Å². The van der Waals surface area contributed by atoms with Crippen LogP contribution in [0, 0.1) is 0 Å². The fraction of sp³-hybridized carbons (Fsp3) is 0.357. The second-order valence-corrected chi connectivity index (χ2v) is 6.23. The van der Waals surface area contributed by atoms with E-state index in [2.05, 4.69) is 4.74 Å². The molecule has 0 bridgehead atoms. The van der Waals surface area contributed by atoms with Crippen LogP contribution in [0.2, 0.25) is 0 Å². The number of aliphatic carboxylic acids is 1. The molecule has 122 valence electrons. The Hall–Kier alpha value is -2.26. The van der Waals surface area contributed by atoms with E-state index >= 15 is 0 Å². The van der Waals surface area contributed by atoms with Gasteiger partial charge in [-0.2, -0.15) is 0 Å². The van der Waals surface area contributed by atoms with Crippen LogP contribution < -0.4 is 5.73 Å². The first kappa shape index (κ1) is 15.6. The lowest BCUT2D eigenvalue weighted by molar-refractivity contribution is -0.148. The number of hydrogen-bond donors (Lipinski definition) is 2. The lowest BCUT2D eigenvalue weighted by atomic mass is 10.0. The number of carbonyl (C=O) groups excluding carboxylic acids is 2. The molecule has 2 atom stereocenters. The highest BCUT2D eigenvalue weighted by Crippen LogP contribution is 2.40. The summed E-state index contributed by atoms with van der Waals surface area (Å²) in [5.74, 6) is -1.28. The number of rotatable bonds is 4. The molecule has 1 fully saturated rings. The predicted octanol–water partition coefficient (Wildman–Crippen LogP) is 0.190. The van der Waals surface area contributed by atoms with Gasteiger partial charge in [-0.25, -0.2) is 9.59 Å². The van der Waals surface area contributed by atoms with E-state index in [0.29, 0.717) is 17.1 Å². The van der Waals surface area contributed by atoms with Crippen molar-refractivity contribution in [3.63, 3.8) is 0 Å². The maximum atomic E-state index is 11.8. The van der Waals surface area contributed by atoms with Gasteiger partial charge < -0.3 is 20.0 Å². The van der Waals surface area contributed by atoms with E-state index in [1.807, 2.05) is 0 Å². The summed E-state index contributed by atoms with van der Waals surface area (Å²) in [5, 5.41) is 9.10. The summed E-state index contributed by atoms with van der Waals surface area (Å²) in [6, 6.07) is 2.38. The van der Waals surface area contributed by atoms with Gasteiger partial charge in [0, 0.05) is 12.2 Å². The molecule has 23 heavy (non-hydrogen) atoms. The molecule has 1 unspecified atom stereocenters. The van der Waals surface area contributed by atoms with Crippen molar-refractivity contribution in [1.82, 2.24) is 4.90 Å². The molecule has 3 N–H and O–H groups in total. The molecule has 0 radical (unpaired) electrons. The molecule has 0 aliphatic carbocycles. The molecule has 2 aliphatic heterocycles. The molecular weight excluding hydrogens is 324 g/mol. The molecule has 3 rings (SSSR count). The maximum absolute atomic E-state index is 11.8. The zero-order valence-electron chi connectivity index (χ0n) is 12.1. The van der Waals surface area contributed by atoms with Crippen molar-refractivity contribution in [2.45, 2.75) is 17.8 Å². The van der Waals surface area contributed by atoms with E-state index in [-0.39, 0.29) is 23.3 Å². The first-order valence-corrected chi connectivity index (χ1v) is 7.81. The van der Waals surface area contributed by atoms with Gasteiger partial charge in [0.25, 0.3) is 0 Å². The van der Waals surface area contributed by atoms with Crippen LogP contribution in [0.1, 0.15) is 16.3 Å². The third kappa shape index (κ3) is 2.51. The van der Waals surface area contributed by atoms with Crippen molar-refractivity contribution in [3.8, 4) is 0 Å². The topological polar surface area (TPSA) is 123 Å². The lowest BCUT2D eigenvalue weighted by Gasteiger charge is -2.48. The average molecular weight is 338 g/mol. The summed E-state index contributed by atoms with van der Waals surface area (Å²) < 4.78 is 9.91. The molecule has 3 heterocycles. The first-order chi connectivity index (χ1) is 10.9. The molecule has 0 aromatic carbocycles. The predicted molar refractivity (Wildman–Crippen MR) is 79.5 cm³/mol. The Morgan fingerprint density at radius 1 is 1.52 bits per heavy atom. The van der Waals surface area contributed by atoms with Gasteiger partial charge in [-0.1, -0.05) is 0 Å². The van der Waals surface area contributed by atoms with E-state index < -0.39 is 23.9 Å². The monoisotopic (exact) mass is 338 g/mol. The van der Waals surface area contributed by atoms with Crippen LogP contribution in [-0.2, 0) is 20.7 Å². The molecular formula is C14H14N2O6S. The number of thioether (sulfide) groups is 1. The zero-order chi connectivity index (χ0) is 16.7. The minimum Gasteiger partial charge on any atom is -0.477 e. The normalized spacial score (nSPS) is 23.4. The number of carboxylic acid groups (broad SMARTS) is 1. The Morgan fingerprint density at radius 3 is 2.91 bits per heavy atom. The van der Waals surface area contributed by atoms with Gasteiger partial charge >= 0.3 is 11.9 Å². The Balaban J connectivity index is 1.88. The minimum absolute atomic E-state index is 0.0448. The number of carboxylic acids is 1. The number of nitrogens with zero attached hydrogens (tertiary/aromatic N) is 1. The molecule has 2 aliphatic rings. The summed E-state index contributed by atoms with van der Waals surface area (Å²) in [6.45, 7) is 0. The number of β-lactam (4-membered cyclic amide) rings is 1. The van der Waals surface area contributed by atoms with Gasteiger partial charge in [0.05, 0.1) is 7.11 Å². The standard InChI is InChI=1S/C14H14N2O6S/c1-21-14(20)8-3-2-7(22-8)4-6-5-23-12-9(15)11(17)16(12)10(6)13(18)19/h2-3,9,12H,4-5,15H2,1H3,(H,18,19)/t9?,12-/m0/s1. The Bertz CT molecular complexity index is 725. The highest BCUT2D eigenvalue weighted by molar-refractivity contribution is 8.00. The Kier molecular flexibility index (Phi) is 3.90. The van der Waals surface area contributed by atoms with E-state index in [0.717, 1.165) is 0 Å². The molecule has 8 nitrogen and oxygen atoms in total. The maximum Gasteiger partial charge on any atom is 0.373 e. The van der Waals surface area contributed by atoms with Crippen LogP contribution in [0.3, 0.4) is 0 Å². The summed E-state index contributed by atoms with van der Waals surface area (Å²) >= 11 is 1.42. The van der Waals surface area contributed by atoms with Crippen molar-refractivity contribution in [1.29, 1.82) is 0 Å². The van der Waals surface area contributed by atoms with Gasteiger partial charge in [-0.15, -0.1) is 11.8 Å². The molecule has 0 saturated carbocycles. The van der Waals surface area contributed by atoms with Gasteiger partial charge in [0.15, 0.2) is 0 Å². The lowest BCUT2D eigenvalue weighted by Crippen LogP contribution is -2.68. The number of fused-ring (bicyclic) bond motifs is 1. The summed E-state index contributed by atoms with van der Waals surface area (Å²) in [6.07, 6.45) is 0.192. The number of hydrogen-bond acceptors (Lipinski definition) is 7. The molecule has 1 amide bonds. The molecule has 1 aromatic rings. The summed E-state index contributed by atoms with van der Waals surface area (Å²) in [4.78, 5) is 36.0. The SMILES string of the molecule is COC(=O)c1ccc(CC2=C(C(=O)O)N3C(=O)C(N)[C@@H]3SC2)o1. The second kappa shape index (κ2) is 5.74. The second-order valence-electron chi connectivity index (χ2n) is 5.13. The number of nitrogens with two attached hydrogens (primary N) is 1. The third-order valence-corrected chi connectivity index (χ3v) is 5.09. The van der Waals surface area contributed by atoms with E-state index in [1.54, 1.807) is 6.07 Å². The number of amides is 1. The highest BCUT2D eigenvalue weighted by Gasteiger charge is 2.51. The van der Waals surface area contributed by atoms with E-state index in [1.165, 1.54) is 29.8 Å². The van der Waals surface area contributed by atoms with Crippen LogP contribution in [0.5, 0.6) is 0 Å². The minimum atomic E-state index is -1.18. The van der Waals surface area contributed by atoms with Crippen molar-refractivity contribution < 1.29 is 28.6 Å². The van der Waals surface area contributed by atoms with Gasteiger partial charge in [0.1, 0.15) is 22.9 Å². The average Bonchev–Trinajstić information content (AvgIpc) is 3.01. The fourth-order valence-corrected chi connectivity index (χ4v) is 3.90. The molecule has 9 heteroatoms. The number of carbonyl (C=O) groups is 3. The van der Waals surface area contributed by atoms with Gasteiger partial charge in [-0.3, -0.25) is 9.69 Å². The zero-order valence-corrected chi connectivity index (χ0v) is 13.0. The van der Waals surface area contributed by atoms with Crippen LogP contribution in [0.15, 0.2) is 27.8 Å². The molecule has 0 spiro atoms. The van der Waals surface area contributed by atoms with Crippen LogP contribution in [-0.4, -0.2) is 52.1 Å². The quantitative estimate of drug-likeness (QED) is 0.589. The van der Waals surface area contributed by atoms with Crippen LogP contribution >= 0.6 is 11.8 Å². The van der Waals surface area contributed by atoms with Crippen LogP contribution in [0.25, 0.3) is 0 Å². The Morgan fingerprint density at radius 2 is 2.26 bits per heavy atom. The van der Waals surface area contributed by atoms with Crippen LogP contribution in [0.4, 0.5) is 0 Å². The van der Waals surface area contributed by atoms with Crippen molar-refractivity contribution >= 4 is 29.6 Å². The third-order valence-electron chi connectivity index (χ3n) is 3.73. The van der Waals surface area contributed by atoms with Crippen molar-refractivity contribution in [3.05, 3.63) is 34.9 Å². The van der Waals surface area contributed by atoms with Crippen molar-refractivity contribution in [2.24, 2.45) is 5.73 Å².